The van der Waals surface area contributed by atoms with E-state index in [1.54, 1.807) is 0 Å². The van der Waals surface area contributed by atoms with Crippen LogP contribution in [0.3, 0.4) is 0 Å². The Hall–Kier alpha value is -1.63. The molecule has 4 unspecified atom stereocenters. The van der Waals surface area contributed by atoms with Crippen LogP contribution in [0.2, 0.25) is 0 Å². The second-order valence-corrected chi connectivity index (χ2v) is 13.0. The quantitative estimate of drug-likeness (QED) is 0.0734. The third-order valence-electron chi connectivity index (χ3n) is 9.01. The summed E-state index contributed by atoms with van der Waals surface area (Å²) in [6.45, 7) is 1.31. The molecular weight excluding hydrogens is 590 g/mol. The van der Waals surface area contributed by atoms with Gasteiger partial charge in [0.15, 0.2) is 6.29 Å². The monoisotopic (exact) mass is 653 g/mol. The lowest BCUT2D eigenvalue weighted by molar-refractivity contribution is -0.303. The molecule has 0 aromatic heterocycles. The van der Waals surface area contributed by atoms with E-state index >= 15 is 0 Å². The molecule has 8 atom stereocenters. The maximum Gasteiger partial charge on any atom is 0.220 e. The van der Waals surface area contributed by atoms with Gasteiger partial charge in [-0.05, 0) is 31.2 Å². The van der Waals surface area contributed by atoms with Crippen molar-refractivity contribution in [2.24, 2.45) is 0 Å². The van der Waals surface area contributed by atoms with Gasteiger partial charge in [-0.1, -0.05) is 121 Å². The van der Waals surface area contributed by atoms with E-state index in [9.17, 15) is 35.4 Å². The summed E-state index contributed by atoms with van der Waals surface area (Å²) in [5, 5.41) is 64.6. The fourth-order valence-corrected chi connectivity index (χ4v) is 5.98. The molecule has 46 heavy (non-hydrogen) atoms. The Balaban J connectivity index is 1.79. The molecule has 0 spiro atoms. The Morgan fingerprint density at radius 1 is 0.804 bits per heavy atom. The molecule has 0 aliphatic carbocycles. The summed E-state index contributed by atoms with van der Waals surface area (Å²) >= 11 is 0. The Labute approximate surface area is 276 Å². The van der Waals surface area contributed by atoms with Crippen molar-refractivity contribution in [3.63, 3.8) is 0 Å². The normalized spacial score (nSPS) is 23.6. The molecule has 1 aromatic carbocycles. The molecule has 0 radical (unpaired) electrons. The van der Waals surface area contributed by atoms with Gasteiger partial charge in [0.25, 0.3) is 0 Å². The smallest absolute Gasteiger partial charge is 0.220 e. The minimum Gasteiger partial charge on any atom is -0.394 e. The molecule has 1 aromatic rings. The highest BCUT2D eigenvalue weighted by atomic mass is 16.7. The van der Waals surface area contributed by atoms with E-state index in [4.69, 9.17) is 9.47 Å². The molecule has 0 bridgehead atoms. The van der Waals surface area contributed by atoms with Gasteiger partial charge in [0.1, 0.15) is 30.5 Å². The van der Waals surface area contributed by atoms with Crippen molar-refractivity contribution < 1.29 is 44.9 Å². The van der Waals surface area contributed by atoms with Gasteiger partial charge in [0.2, 0.25) is 5.91 Å². The number of amides is 1. The van der Waals surface area contributed by atoms with Crippen molar-refractivity contribution in [2.45, 2.75) is 171 Å². The van der Waals surface area contributed by atoms with Crippen LogP contribution in [0.15, 0.2) is 30.3 Å². The molecule has 1 aliphatic heterocycles. The van der Waals surface area contributed by atoms with Gasteiger partial charge in [-0.3, -0.25) is 4.79 Å². The van der Waals surface area contributed by atoms with Crippen LogP contribution in [0.1, 0.15) is 122 Å². The average molecular weight is 654 g/mol. The van der Waals surface area contributed by atoms with Crippen LogP contribution in [0, 0.1) is 0 Å². The lowest BCUT2D eigenvalue weighted by Crippen LogP contribution is -2.60. The highest BCUT2D eigenvalue weighted by molar-refractivity contribution is 5.76. The molecule has 1 aliphatic rings. The summed E-state index contributed by atoms with van der Waals surface area (Å²) in [6.07, 6.45) is 8.55. The largest absolute Gasteiger partial charge is 0.394 e. The lowest BCUT2D eigenvalue weighted by Gasteiger charge is -2.40. The Morgan fingerprint density at radius 3 is 2.00 bits per heavy atom. The maximum atomic E-state index is 12.8. The summed E-state index contributed by atoms with van der Waals surface area (Å²) < 4.78 is 11.1. The van der Waals surface area contributed by atoms with E-state index in [2.05, 4.69) is 24.4 Å². The van der Waals surface area contributed by atoms with Gasteiger partial charge in [-0.25, -0.2) is 0 Å². The number of hydrogen-bond donors (Lipinski definition) is 7. The molecule has 1 amide bonds. The third kappa shape index (κ3) is 16.0. The maximum absolute atomic E-state index is 12.8. The zero-order valence-corrected chi connectivity index (χ0v) is 28.1. The van der Waals surface area contributed by atoms with Crippen LogP contribution in [0.25, 0.3) is 0 Å². The van der Waals surface area contributed by atoms with E-state index in [0.717, 1.165) is 44.9 Å². The van der Waals surface area contributed by atoms with Crippen molar-refractivity contribution >= 4 is 5.91 Å². The lowest BCUT2D eigenvalue weighted by atomic mass is 9.98. The topological polar surface area (TPSA) is 169 Å². The van der Waals surface area contributed by atoms with E-state index in [0.29, 0.717) is 12.8 Å². The van der Waals surface area contributed by atoms with Gasteiger partial charge in [-0.2, -0.15) is 0 Å². The number of aliphatic hydroxyl groups is 6. The van der Waals surface area contributed by atoms with Gasteiger partial charge in [0.05, 0.1) is 25.4 Å². The summed E-state index contributed by atoms with van der Waals surface area (Å²) in [4.78, 5) is 12.8. The number of unbranched alkanes of at least 4 members (excludes halogenated alkanes) is 13. The summed E-state index contributed by atoms with van der Waals surface area (Å²) in [5.74, 6) is -0.293. The SMILES string of the molecule is CCCCCCCCCCCCCC[C@@H](O)[C@@H](O)[C@H](COC1OC(CO)C(O)C(O)[C@@H]1O)NC(=O)CCCCCc1ccccc1. The molecule has 1 heterocycles. The second-order valence-electron chi connectivity index (χ2n) is 13.0. The molecule has 2 rings (SSSR count). The number of ether oxygens (including phenoxy) is 2. The number of carbonyl (C=O) groups is 1. The van der Waals surface area contributed by atoms with Crippen molar-refractivity contribution in [1.29, 1.82) is 0 Å². The van der Waals surface area contributed by atoms with Crippen molar-refractivity contribution in [1.82, 2.24) is 5.32 Å². The standard InChI is InChI=1S/C36H63NO9/c1-2-3-4-5-6-7-8-9-10-11-12-18-23-29(39)32(41)28(26-45-36-35(44)34(43)33(42)30(25-38)46-36)37-31(40)24-19-14-17-22-27-20-15-13-16-21-27/h13,15-16,20-21,28-30,32-36,38-39,41-44H,2-12,14,17-19,22-26H2,1H3,(H,37,40)/t28-,29+,30?,32-,33?,34?,35-,36?/m0/s1. The first kappa shape index (κ1) is 40.5. The first-order valence-corrected chi connectivity index (χ1v) is 17.9. The number of rotatable bonds is 26. The fourth-order valence-electron chi connectivity index (χ4n) is 5.98. The number of hydrogen-bond acceptors (Lipinski definition) is 9. The highest BCUT2D eigenvalue weighted by Crippen LogP contribution is 2.23. The molecular formula is C36H63NO9. The summed E-state index contributed by atoms with van der Waals surface area (Å²) in [5.41, 5.74) is 1.25. The number of nitrogens with one attached hydrogen (secondary N) is 1. The number of carbonyl (C=O) groups excluding carboxylic acids is 1. The Kier molecular flexibility index (Phi) is 21.6. The fraction of sp³-hybridized carbons (Fsp3) is 0.806. The van der Waals surface area contributed by atoms with Gasteiger partial charge >= 0.3 is 0 Å². The minimum absolute atomic E-state index is 0.243. The van der Waals surface area contributed by atoms with E-state index in [-0.39, 0.29) is 18.9 Å². The van der Waals surface area contributed by atoms with E-state index < -0.39 is 55.6 Å². The first-order chi connectivity index (χ1) is 22.3. The number of benzene rings is 1. The molecule has 0 saturated carbocycles. The predicted octanol–water partition coefficient (Wildman–Crippen LogP) is 3.90. The zero-order chi connectivity index (χ0) is 33.6. The molecule has 7 N–H and O–H groups in total. The Bertz CT molecular complexity index is 889. The van der Waals surface area contributed by atoms with Crippen LogP contribution in [0.4, 0.5) is 0 Å². The van der Waals surface area contributed by atoms with Crippen LogP contribution >= 0.6 is 0 Å². The summed E-state index contributed by atoms with van der Waals surface area (Å²) in [6, 6.07) is 9.15. The van der Waals surface area contributed by atoms with Crippen molar-refractivity contribution in [3.8, 4) is 0 Å². The van der Waals surface area contributed by atoms with Gasteiger partial charge in [0, 0.05) is 6.42 Å². The first-order valence-electron chi connectivity index (χ1n) is 17.9. The van der Waals surface area contributed by atoms with Crippen molar-refractivity contribution in [2.75, 3.05) is 13.2 Å². The average Bonchev–Trinajstić information content (AvgIpc) is 3.06. The van der Waals surface area contributed by atoms with Crippen LogP contribution in [0.5, 0.6) is 0 Å². The van der Waals surface area contributed by atoms with Crippen LogP contribution in [-0.4, -0.2) is 98.7 Å². The number of aliphatic hydroxyl groups excluding tert-OH is 6. The highest BCUT2D eigenvalue weighted by Gasteiger charge is 2.44. The molecule has 1 saturated heterocycles. The van der Waals surface area contributed by atoms with Gasteiger partial charge in [-0.15, -0.1) is 0 Å². The van der Waals surface area contributed by atoms with Gasteiger partial charge < -0.3 is 45.4 Å². The second kappa shape index (κ2) is 24.5. The van der Waals surface area contributed by atoms with Crippen LogP contribution < -0.4 is 5.32 Å². The molecule has 266 valence electrons. The van der Waals surface area contributed by atoms with Crippen molar-refractivity contribution in [3.05, 3.63) is 35.9 Å². The predicted molar refractivity (Wildman–Crippen MR) is 178 cm³/mol. The Morgan fingerprint density at radius 2 is 1.39 bits per heavy atom. The molecule has 1 fully saturated rings. The van der Waals surface area contributed by atoms with Crippen LogP contribution in [-0.2, 0) is 20.7 Å². The summed E-state index contributed by atoms with van der Waals surface area (Å²) in [7, 11) is 0. The molecule has 10 heteroatoms. The van der Waals surface area contributed by atoms with E-state index in [1.807, 2.05) is 18.2 Å². The molecule has 10 nitrogen and oxygen atoms in total. The zero-order valence-electron chi connectivity index (χ0n) is 28.1. The number of aryl methyl sites for hydroxylation is 1. The van der Waals surface area contributed by atoms with E-state index in [1.165, 1.54) is 56.9 Å². The minimum atomic E-state index is -1.61. The third-order valence-corrected chi connectivity index (χ3v) is 9.01.